The average Bonchev–Trinajstić information content (AvgIpc) is 3.06. The molecule has 0 aliphatic heterocycles. The predicted octanol–water partition coefficient (Wildman–Crippen LogP) is 3.05. The molecule has 1 aromatic carbocycles. The molecule has 2 aromatic rings. The summed E-state index contributed by atoms with van der Waals surface area (Å²) in [7, 11) is 1.63. The van der Waals surface area contributed by atoms with E-state index in [1.54, 1.807) is 7.11 Å². The van der Waals surface area contributed by atoms with Gasteiger partial charge in [0.1, 0.15) is 12.0 Å². The van der Waals surface area contributed by atoms with Crippen molar-refractivity contribution in [1.29, 1.82) is 0 Å². The van der Waals surface area contributed by atoms with Crippen molar-refractivity contribution in [3.63, 3.8) is 0 Å². The van der Waals surface area contributed by atoms with Crippen LogP contribution in [0.5, 0.6) is 0 Å². The number of methoxy groups -OCH3 is 1. The van der Waals surface area contributed by atoms with E-state index in [2.05, 4.69) is 4.98 Å². The Labute approximate surface area is 125 Å². The molecule has 4 nitrogen and oxygen atoms in total. The molecule has 21 heavy (non-hydrogen) atoms. The van der Waals surface area contributed by atoms with Gasteiger partial charge in [-0.15, -0.1) is 0 Å². The number of H-pyrrole nitrogens is 1. The highest BCUT2D eigenvalue weighted by molar-refractivity contribution is 5.82. The lowest BCUT2D eigenvalue weighted by atomic mass is 9.83. The maximum absolute atomic E-state index is 12.5. The molecule has 1 aromatic heterocycles. The number of carbonyl (C=O) groups excluding carboxylic acids is 1. The SMILES string of the molecule is COCCC(C)(C(=O)OCc1ccccc1)c1ccc[nH]1. The van der Waals surface area contributed by atoms with Crippen molar-refractivity contribution >= 4 is 5.97 Å². The summed E-state index contributed by atoms with van der Waals surface area (Å²) in [5.41, 5.74) is 1.10. The van der Waals surface area contributed by atoms with E-state index in [4.69, 9.17) is 9.47 Å². The fourth-order valence-electron chi connectivity index (χ4n) is 2.21. The number of hydrogen-bond donors (Lipinski definition) is 1. The van der Waals surface area contributed by atoms with Crippen LogP contribution in [0.15, 0.2) is 48.7 Å². The zero-order valence-corrected chi connectivity index (χ0v) is 12.5. The first kappa shape index (κ1) is 15.3. The van der Waals surface area contributed by atoms with Crippen molar-refractivity contribution in [1.82, 2.24) is 4.98 Å². The van der Waals surface area contributed by atoms with Gasteiger partial charge in [0.15, 0.2) is 0 Å². The molecule has 0 aliphatic rings. The van der Waals surface area contributed by atoms with Gasteiger partial charge in [0.25, 0.3) is 0 Å². The summed E-state index contributed by atoms with van der Waals surface area (Å²) < 4.78 is 10.6. The van der Waals surface area contributed by atoms with Crippen LogP contribution in [0.1, 0.15) is 24.6 Å². The molecule has 1 unspecified atom stereocenters. The van der Waals surface area contributed by atoms with E-state index in [0.29, 0.717) is 13.0 Å². The largest absolute Gasteiger partial charge is 0.460 e. The van der Waals surface area contributed by atoms with E-state index >= 15 is 0 Å². The van der Waals surface area contributed by atoms with Gasteiger partial charge in [0, 0.05) is 25.6 Å². The number of aromatic amines is 1. The number of ether oxygens (including phenoxy) is 2. The molecule has 0 radical (unpaired) electrons. The number of nitrogens with one attached hydrogen (secondary N) is 1. The number of carbonyl (C=O) groups is 1. The van der Waals surface area contributed by atoms with E-state index in [1.165, 1.54) is 0 Å². The number of benzene rings is 1. The van der Waals surface area contributed by atoms with Crippen LogP contribution < -0.4 is 0 Å². The number of aromatic nitrogens is 1. The van der Waals surface area contributed by atoms with Crippen molar-refractivity contribution < 1.29 is 14.3 Å². The van der Waals surface area contributed by atoms with Gasteiger partial charge in [-0.25, -0.2) is 0 Å². The van der Waals surface area contributed by atoms with Crippen LogP contribution in [0.3, 0.4) is 0 Å². The van der Waals surface area contributed by atoms with Crippen molar-refractivity contribution in [3.05, 3.63) is 59.9 Å². The van der Waals surface area contributed by atoms with Crippen LogP contribution in [-0.2, 0) is 26.3 Å². The Balaban J connectivity index is 2.08. The van der Waals surface area contributed by atoms with Crippen LogP contribution in [0.25, 0.3) is 0 Å². The lowest BCUT2D eigenvalue weighted by Crippen LogP contribution is -2.36. The van der Waals surface area contributed by atoms with Crippen LogP contribution in [0, 0.1) is 0 Å². The topological polar surface area (TPSA) is 51.3 Å². The minimum atomic E-state index is -0.728. The molecule has 2 rings (SSSR count). The average molecular weight is 287 g/mol. The molecular weight excluding hydrogens is 266 g/mol. The van der Waals surface area contributed by atoms with Gasteiger partial charge < -0.3 is 14.5 Å². The quantitative estimate of drug-likeness (QED) is 0.796. The monoisotopic (exact) mass is 287 g/mol. The van der Waals surface area contributed by atoms with E-state index in [-0.39, 0.29) is 12.6 Å². The lowest BCUT2D eigenvalue weighted by molar-refractivity contribution is -0.152. The van der Waals surface area contributed by atoms with Gasteiger partial charge in [0.2, 0.25) is 0 Å². The fraction of sp³-hybridized carbons (Fsp3) is 0.353. The molecule has 112 valence electrons. The zero-order valence-electron chi connectivity index (χ0n) is 12.5. The Bertz CT molecular complexity index is 551. The first-order valence-corrected chi connectivity index (χ1v) is 7.01. The van der Waals surface area contributed by atoms with Crippen LogP contribution in [0.4, 0.5) is 0 Å². The summed E-state index contributed by atoms with van der Waals surface area (Å²) in [6.45, 7) is 2.66. The smallest absolute Gasteiger partial charge is 0.318 e. The third-order valence-corrected chi connectivity index (χ3v) is 3.66. The molecule has 0 fully saturated rings. The van der Waals surface area contributed by atoms with Crippen LogP contribution >= 0.6 is 0 Å². The highest BCUT2D eigenvalue weighted by atomic mass is 16.5. The first-order chi connectivity index (χ1) is 10.2. The summed E-state index contributed by atoms with van der Waals surface area (Å²) in [5, 5.41) is 0. The maximum Gasteiger partial charge on any atom is 0.318 e. The molecule has 0 bridgehead atoms. The van der Waals surface area contributed by atoms with Gasteiger partial charge in [-0.3, -0.25) is 4.79 Å². The van der Waals surface area contributed by atoms with E-state index in [9.17, 15) is 4.79 Å². The molecule has 0 amide bonds. The number of rotatable bonds is 7. The third-order valence-electron chi connectivity index (χ3n) is 3.66. The molecule has 1 heterocycles. The van der Waals surface area contributed by atoms with Gasteiger partial charge in [-0.05, 0) is 31.0 Å². The second kappa shape index (κ2) is 7.09. The predicted molar refractivity (Wildman–Crippen MR) is 80.9 cm³/mol. The molecule has 0 saturated carbocycles. The second-order valence-corrected chi connectivity index (χ2v) is 5.22. The minimum Gasteiger partial charge on any atom is -0.460 e. The van der Waals surface area contributed by atoms with Gasteiger partial charge in [-0.1, -0.05) is 30.3 Å². The Hall–Kier alpha value is -2.07. The molecule has 4 heteroatoms. The summed E-state index contributed by atoms with van der Waals surface area (Å²) in [4.78, 5) is 15.7. The Kier molecular flexibility index (Phi) is 5.17. The van der Waals surface area contributed by atoms with Crippen molar-refractivity contribution in [2.45, 2.75) is 25.4 Å². The summed E-state index contributed by atoms with van der Waals surface area (Å²) in [6, 6.07) is 13.5. The van der Waals surface area contributed by atoms with Gasteiger partial charge >= 0.3 is 5.97 Å². The molecular formula is C17H21NO3. The zero-order chi connectivity index (χ0) is 15.1. The molecule has 1 N–H and O–H groups in total. The first-order valence-electron chi connectivity index (χ1n) is 7.01. The van der Waals surface area contributed by atoms with Crippen molar-refractivity contribution in [2.75, 3.05) is 13.7 Å². The summed E-state index contributed by atoms with van der Waals surface area (Å²) in [6.07, 6.45) is 2.38. The summed E-state index contributed by atoms with van der Waals surface area (Å²) in [5.74, 6) is -0.245. The molecule has 0 aliphatic carbocycles. The molecule has 1 atom stereocenters. The standard InChI is InChI=1S/C17H21NO3/c1-17(10-12-20-2,15-9-6-11-18-15)16(19)21-13-14-7-4-3-5-8-14/h3-9,11,18H,10,12-13H2,1-2H3. The highest BCUT2D eigenvalue weighted by Crippen LogP contribution is 2.28. The van der Waals surface area contributed by atoms with E-state index in [0.717, 1.165) is 11.3 Å². The maximum atomic E-state index is 12.5. The second-order valence-electron chi connectivity index (χ2n) is 5.22. The number of esters is 1. The fourth-order valence-corrected chi connectivity index (χ4v) is 2.21. The summed E-state index contributed by atoms with van der Waals surface area (Å²) >= 11 is 0. The Morgan fingerprint density at radius 3 is 2.57 bits per heavy atom. The Morgan fingerprint density at radius 1 is 1.19 bits per heavy atom. The van der Waals surface area contributed by atoms with E-state index in [1.807, 2.05) is 55.6 Å². The lowest BCUT2D eigenvalue weighted by Gasteiger charge is -2.26. The highest BCUT2D eigenvalue weighted by Gasteiger charge is 2.37. The van der Waals surface area contributed by atoms with Gasteiger partial charge in [-0.2, -0.15) is 0 Å². The minimum absolute atomic E-state index is 0.245. The number of hydrogen-bond acceptors (Lipinski definition) is 3. The third kappa shape index (κ3) is 3.73. The molecule has 0 saturated heterocycles. The Morgan fingerprint density at radius 2 is 1.95 bits per heavy atom. The van der Waals surface area contributed by atoms with E-state index < -0.39 is 5.41 Å². The van der Waals surface area contributed by atoms with Crippen molar-refractivity contribution in [3.8, 4) is 0 Å². The van der Waals surface area contributed by atoms with Gasteiger partial charge in [0.05, 0.1) is 0 Å². The van der Waals surface area contributed by atoms with Crippen molar-refractivity contribution in [2.24, 2.45) is 0 Å². The normalized spacial score (nSPS) is 13.6. The van der Waals surface area contributed by atoms with Crippen LogP contribution in [-0.4, -0.2) is 24.7 Å². The van der Waals surface area contributed by atoms with Crippen LogP contribution in [0.2, 0.25) is 0 Å². The molecule has 0 spiro atoms.